The predicted octanol–water partition coefficient (Wildman–Crippen LogP) is 2.46. The number of sulfonamides is 2. The highest BCUT2D eigenvalue weighted by Crippen LogP contribution is 2.30. The topological polar surface area (TPSA) is 110 Å². The van der Waals surface area contributed by atoms with E-state index in [-0.39, 0.29) is 27.0 Å². The maximum absolute atomic E-state index is 12.6. The van der Waals surface area contributed by atoms with Crippen LogP contribution in [0.25, 0.3) is 0 Å². The minimum absolute atomic E-state index is 0.0970. The Morgan fingerprint density at radius 3 is 2.32 bits per heavy atom. The Morgan fingerprint density at radius 2 is 1.82 bits per heavy atom. The van der Waals surface area contributed by atoms with Crippen molar-refractivity contribution in [3.8, 4) is 5.75 Å². The van der Waals surface area contributed by atoms with E-state index in [0.29, 0.717) is 10.1 Å². The monoisotopic (exact) mass is 444 g/mol. The molecule has 0 aliphatic carbocycles. The number of benzene rings is 2. The lowest BCUT2D eigenvalue weighted by Crippen LogP contribution is -2.30. The molecular formula is C17H17ClN2O6S2. The summed E-state index contributed by atoms with van der Waals surface area (Å²) in [4.78, 5) is 12.0. The molecule has 1 fully saturated rings. The molecule has 1 heterocycles. The average Bonchev–Trinajstić information content (AvgIpc) is 2.82. The van der Waals surface area contributed by atoms with Gasteiger partial charge in [0.2, 0.25) is 15.9 Å². The minimum atomic E-state index is -3.95. The highest BCUT2D eigenvalue weighted by Gasteiger charge is 2.41. The van der Waals surface area contributed by atoms with Crippen molar-refractivity contribution >= 4 is 48.9 Å². The number of halogens is 1. The van der Waals surface area contributed by atoms with Crippen LogP contribution in [0.3, 0.4) is 0 Å². The van der Waals surface area contributed by atoms with Gasteiger partial charge in [0.25, 0.3) is 10.0 Å². The van der Waals surface area contributed by atoms with Crippen LogP contribution in [-0.2, 0) is 24.8 Å². The van der Waals surface area contributed by atoms with Crippen LogP contribution in [0.2, 0.25) is 5.02 Å². The fraction of sp³-hybridized carbons (Fsp3) is 0.235. The van der Waals surface area contributed by atoms with Crippen LogP contribution in [-0.4, -0.2) is 35.6 Å². The molecular weight excluding hydrogens is 428 g/mol. The molecule has 8 nitrogen and oxygen atoms in total. The van der Waals surface area contributed by atoms with Gasteiger partial charge in [0.15, 0.2) is 0 Å². The molecule has 0 radical (unpaired) electrons. The highest BCUT2D eigenvalue weighted by atomic mass is 35.5. The summed E-state index contributed by atoms with van der Waals surface area (Å²) in [6, 6.07) is 9.44. The molecule has 0 bridgehead atoms. The van der Waals surface area contributed by atoms with Crippen LogP contribution < -0.4 is 13.8 Å². The first-order valence-electron chi connectivity index (χ1n) is 8.08. The van der Waals surface area contributed by atoms with Crippen molar-refractivity contribution in [2.45, 2.75) is 11.8 Å². The third-order valence-corrected chi connectivity index (χ3v) is 7.71. The van der Waals surface area contributed by atoms with Crippen LogP contribution in [0, 0.1) is 5.92 Å². The summed E-state index contributed by atoms with van der Waals surface area (Å²) in [5.41, 5.74) is 0.335. The summed E-state index contributed by atoms with van der Waals surface area (Å²) in [6.45, 7) is 1.53. The summed E-state index contributed by atoms with van der Waals surface area (Å²) in [5.74, 6) is -1.05. The van der Waals surface area contributed by atoms with Crippen LogP contribution >= 0.6 is 11.6 Å². The molecule has 0 unspecified atom stereocenters. The Morgan fingerprint density at radius 1 is 1.18 bits per heavy atom. The van der Waals surface area contributed by atoms with Crippen molar-refractivity contribution in [1.82, 2.24) is 0 Å². The third kappa shape index (κ3) is 3.80. The molecule has 150 valence electrons. The zero-order valence-corrected chi connectivity index (χ0v) is 17.3. The van der Waals surface area contributed by atoms with E-state index < -0.39 is 31.9 Å². The minimum Gasteiger partial charge on any atom is -0.495 e. The first-order valence-corrected chi connectivity index (χ1v) is 11.6. The summed E-state index contributed by atoms with van der Waals surface area (Å²) >= 11 is 6.00. The van der Waals surface area contributed by atoms with Crippen LogP contribution in [0.15, 0.2) is 47.4 Å². The van der Waals surface area contributed by atoms with Crippen LogP contribution in [0.5, 0.6) is 5.75 Å². The van der Waals surface area contributed by atoms with Crippen LogP contribution in [0.4, 0.5) is 11.4 Å². The number of methoxy groups -OCH3 is 1. The zero-order chi connectivity index (χ0) is 20.7. The van der Waals surface area contributed by atoms with E-state index in [1.165, 1.54) is 56.5 Å². The lowest BCUT2D eigenvalue weighted by molar-refractivity contribution is -0.119. The Kier molecular flexibility index (Phi) is 5.30. The third-order valence-electron chi connectivity index (χ3n) is 4.15. The van der Waals surface area contributed by atoms with Gasteiger partial charge in [0, 0.05) is 0 Å². The molecule has 1 N–H and O–H groups in total. The SMILES string of the molecule is COc1ccc(NS(=O)(=O)c2ccc(N3C(=O)[C@@H](C)CS3(=O)=O)cc2)cc1Cl. The average molecular weight is 445 g/mol. The number of anilines is 2. The molecule has 3 rings (SSSR count). The number of hydrogen-bond donors (Lipinski definition) is 1. The van der Waals surface area contributed by atoms with Crippen molar-refractivity contribution < 1.29 is 26.4 Å². The zero-order valence-electron chi connectivity index (χ0n) is 14.9. The maximum atomic E-state index is 12.6. The van der Waals surface area contributed by atoms with Crippen molar-refractivity contribution in [1.29, 1.82) is 0 Å². The van der Waals surface area contributed by atoms with Gasteiger partial charge in [-0.25, -0.2) is 21.1 Å². The highest BCUT2D eigenvalue weighted by molar-refractivity contribution is 7.94. The van der Waals surface area contributed by atoms with E-state index in [1.54, 1.807) is 0 Å². The van der Waals surface area contributed by atoms with Crippen molar-refractivity contribution in [2.75, 3.05) is 21.9 Å². The lowest BCUT2D eigenvalue weighted by Gasteiger charge is -2.16. The van der Waals surface area contributed by atoms with E-state index in [2.05, 4.69) is 4.72 Å². The number of hydrogen-bond acceptors (Lipinski definition) is 6. The quantitative estimate of drug-likeness (QED) is 0.758. The van der Waals surface area contributed by atoms with Crippen molar-refractivity contribution in [2.24, 2.45) is 5.92 Å². The van der Waals surface area contributed by atoms with Crippen molar-refractivity contribution in [3.05, 3.63) is 47.5 Å². The number of carbonyl (C=O) groups is 1. The number of ether oxygens (including phenoxy) is 1. The normalized spacial score (nSPS) is 18.9. The molecule has 11 heteroatoms. The Hall–Kier alpha value is -2.30. The molecule has 0 saturated carbocycles. The van der Waals surface area contributed by atoms with Gasteiger partial charge in [0.05, 0.1) is 40.1 Å². The second kappa shape index (κ2) is 7.26. The molecule has 0 spiro atoms. The summed E-state index contributed by atoms with van der Waals surface area (Å²) < 4.78 is 57.5. The number of amides is 1. The molecule has 1 aliphatic heterocycles. The van der Waals surface area contributed by atoms with Gasteiger partial charge in [-0.2, -0.15) is 0 Å². The van der Waals surface area contributed by atoms with Gasteiger partial charge in [-0.15, -0.1) is 0 Å². The summed E-state index contributed by atoms with van der Waals surface area (Å²) in [7, 11) is -6.26. The predicted molar refractivity (Wildman–Crippen MR) is 106 cm³/mol. The Balaban J connectivity index is 1.86. The van der Waals surface area contributed by atoms with E-state index >= 15 is 0 Å². The number of nitrogens with zero attached hydrogens (tertiary/aromatic N) is 1. The second-order valence-electron chi connectivity index (χ2n) is 6.23. The molecule has 2 aromatic carbocycles. The van der Waals surface area contributed by atoms with E-state index in [0.717, 1.165) is 0 Å². The van der Waals surface area contributed by atoms with Gasteiger partial charge >= 0.3 is 0 Å². The molecule has 1 atom stereocenters. The fourth-order valence-corrected chi connectivity index (χ4v) is 5.92. The van der Waals surface area contributed by atoms with Gasteiger partial charge in [-0.3, -0.25) is 9.52 Å². The first kappa shape index (κ1) is 20.4. The Labute approximate surface area is 168 Å². The smallest absolute Gasteiger partial charge is 0.261 e. The fourth-order valence-electron chi connectivity index (χ4n) is 2.79. The molecule has 1 saturated heterocycles. The van der Waals surface area contributed by atoms with Gasteiger partial charge in [0.1, 0.15) is 5.75 Å². The number of carbonyl (C=O) groups excluding carboxylic acids is 1. The second-order valence-corrected chi connectivity index (χ2v) is 10.2. The van der Waals surface area contributed by atoms with E-state index in [1.807, 2.05) is 0 Å². The van der Waals surface area contributed by atoms with Crippen LogP contribution in [0.1, 0.15) is 6.92 Å². The van der Waals surface area contributed by atoms with Gasteiger partial charge in [-0.1, -0.05) is 18.5 Å². The largest absolute Gasteiger partial charge is 0.495 e. The molecule has 2 aromatic rings. The summed E-state index contributed by atoms with van der Waals surface area (Å²) in [5, 5.41) is 0.241. The lowest BCUT2D eigenvalue weighted by atomic mass is 10.2. The number of rotatable bonds is 5. The molecule has 1 aliphatic rings. The van der Waals surface area contributed by atoms with Gasteiger partial charge in [-0.05, 0) is 42.5 Å². The first-order chi connectivity index (χ1) is 13.0. The van der Waals surface area contributed by atoms with Crippen molar-refractivity contribution in [3.63, 3.8) is 0 Å². The maximum Gasteiger partial charge on any atom is 0.261 e. The summed E-state index contributed by atoms with van der Waals surface area (Å²) in [6.07, 6.45) is 0. The van der Waals surface area contributed by atoms with Gasteiger partial charge < -0.3 is 4.74 Å². The Bertz CT molecular complexity index is 1130. The van der Waals surface area contributed by atoms with E-state index in [4.69, 9.17) is 16.3 Å². The number of nitrogens with one attached hydrogen (secondary N) is 1. The molecule has 0 aromatic heterocycles. The molecule has 28 heavy (non-hydrogen) atoms. The van der Waals surface area contributed by atoms with E-state index in [9.17, 15) is 21.6 Å². The molecule has 1 amide bonds. The standard InChI is InChI=1S/C17H17ClN2O6S2/c1-11-10-27(22,23)20(17(11)21)13-4-6-14(7-5-13)28(24,25)19-12-3-8-16(26-2)15(18)9-12/h3-9,11,19H,10H2,1-2H3/t11-/m0/s1.